The Kier molecular flexibility index (Phi) is 6.09. The number of fused-ring (bicyclic) bond motifs is 2. The van der Waals surface area contributed by atoms with E-state index in [-0.39, 0.29) is 47.8 Å². The molecule has 1 aliphatic heterocycles. The molecule has 0 bridgehead atoms. The zero-order valence-electron chi connectivity index (χ0n) is 19.5. The molecule has 0 saturated heterocycles. The maximum atomic E-state index is 14.7. The number of carbonyl (C=O) groups is 3. The molecule has 0 radical (unpaired) electrons. The monoisotopic (exact) mass is 481 g/mol. The van der Waals surface area contributed by atoms with Gasteiger partial charge in [-0.1, -0.05) is 30.3 Å². The first-order chi connectivity index (χ1) is 16.8. The molecule has 2 saturated carbocycles. The number of amides is 2. The molecule has 5 rings (SSSR count). The van der Waals surface area contributed by atoms with Gasteiger partial charge in [0.2, 0.25) is 5.91 Å². The summed E-state index contributed by atoms with van der Waals surface area (Å²) in [5.41, 5.74) is 1.94. The van der Waals surface area contributed by atoms with Gasteiger partial charge in [0.25, 0.3) is 0 Å². The van der Waals surface area contributed by atoms with Crippen molar-refractivity contribution in [2.45, 2.75) is 69.6 Å². The second-order valence-electron chi connectivity index (χ2n) is 10.0. The molecule has 2 fully saturated rings. The van der Waals surface area contributed by atoms with Crippen molar-refractivity contribution in [1.82, 2.24) is 9.38 Å². The topological polar surface area (TPSA) is 94.9 Å². The number of carbonyl (C=O) groups excluding carboxylic acids is 1. The summed E-state index contributed by atoms with van der Waals surface area (Å²) >= 11 is 0. The van der Waals surface area contributed by atoms with Crippen molar-refractivity contribution in [3.63, 3.8) is 0 Å². The number of benzene rings is 2. The van der Waals surface area contributed by atoms with Crippen molar-refractivity contribution in [3.8, 4) is 0 Å². The zero-order valence-corrected chi connectivity index (χ0v) is 19.5. The van der Waals surface area contributed by atoms with E-state index in [2.05, 4.69) is 0 Å². The minimum atomic E-state index is -1.03. The number of quaternary nitrogens is 1. The number of carboxylic acid groups (broad SMARTS) is 2. The van der Waals surface area contributed by atoms with Crippen LogP contribution in [0.15, 0.2) is 48.5 Å². The molecule has 35 heavy (non-hydrogen) atoms. The number of carboxylic acids is 1. The maximum Gasteiger partial charge on any atom is 0.519 e. The molecule has 2 aromatic rings. The van der Waals surface area contributed by atoms with E-state index in [1.165, 1.54) is 12.1 Å². The zero-order chi connectivity index (χ0) is 24.7. The molecule has 0 aromatic heterocycles. The van der Waals surface area contributed by atoms with Crippen LogP contribution in [-0.4, -0.2) is 45.2 Å². The van der Waals surface area contributed by atoms with Crippen LogP contribution in [0.3, 0.4) is 0 Å². The van der Waals surface area contributed by atoms with E-state index in [1.807, 2.05) is 30.3 Å². The van der Waals surface area contributed by atoms with Crippen molar-refractivity contribution in [2.75, 3.05) is 0 Å². The van der Waals surface area contributed by atoms with Crippen LogP contribution in [0, 0.1) is 11.7 Å². The summed E-state index contributed by atoms with van der Waals surface area (Å²) in [4.78, 5) is 39.4. The van der Waals surface area contributed by atoms with Crippen molar-refractivity contribution in [3.05, 3.63) is 65.5 Å². The lowest BCUT2D eigenvalue weighted by Gasteiger charge is -2.50. The number of hydrogen-bond acceptors (Lipinski definition) is 3. The molecular weight excluding hydrogens is 451 g/mol. The number of aliphatic carboxylic acids is 1. The SMILES string of the molecule is O=C(O)CCC(=O)N(C1CC1)[C@H]1c2cc(F)ccc2[N@@+](Cc2ccccc2)(C(=O)O)[C@@H]2CCC[C@@H]21. The maximum absolute atomic E-state index is 14.7. The van der Waals surface area contributed by atoms with Crippen molar-refractivity contribution in [2.24, 2.45) is 5.92 Å². The van der Waals surface area contributed by atoms with Crippen molar-refractivity contribution < 1.29 is 29.0 Å². The van der Waals surface area contributed by atoms with Crippen LogP contribution in [0.1, 0.15) is 62.1 Å². The second kappa shape index (κ2) is 9.07. The number of rotatable bonds is 7. The lowest BCUT2D eigenvalue weighted by molar-refractivity contribution is -0.143. The molecule has 2 amide bonds. The fourth-order valence-corrected chi connectivity index (χ4v) is 6.44. The molecule has 7 nitrogen and oxygen atoms in total. The van der Waals surface area contributed by atoms with Crippen LogP contribution < -0.4 is 4.48 Å². The Morgan fingerprint density at radius 2 is 1.71 bits per heavy atom. The fourth-order valence-electron chi connectivity index (χ4n) is 6.44. The molecule has 184 valence electrons. The standard InChI is InChI=1S/C27H29FN2O5/c28-18-9-12-23-21(15-18)26(29(19-10-11-19)24(31)13-14-25(32)33)20-7-4-8-22(20)30(23,27(34)35)16-17-5-2-1-3-6-17/h1-3,5-6,9,12,15,19-20,22,26H,4,7-8,10-11,13-14,16H2,(H-,32,33,34,35)/p+1/t20-,22+,26+,30-/m0/s1. The summed E-state index contributed by atoms with van der Waals surface area (Å²) in [6.45, 7) is 0.235. The van der Waals surface area contributed by atoms with Crippen LogP contribution in [0.2, 0.25) is 0 Å². The van der Waals surface area contributed by atoms with Gasteiger partial charge in [-0.25, -0.2) is 4.39 Å². The van der Waals surface area contributed by atoms with Gasteiger partial charge < -0.3 is 15.1 Å². The van der Waals surface area contributed by atoms with Crippen LogP contribution in [0.5, 0.6) is 0 Å². The van der Waals surface area contributed by atoms with Gasteiger partial charge in [-0.2, -0.15) is 9.28 Å². The second-order valence-corrected chi connectivity index (χ2v) is 10.0. The Balaban J connectivity index is 1.66. The molecule has 0 unspecified atom stereocenters. The Morgan fingerprint density at radius 3 is 2.37 bits per heavy atom. The van der Waals surface area contributed by atoms with Crippen LogP contribution in [0.4, 0.5) is 14.9 Å². The minimum Gasteiger partial charge on any atom is -0.481 e. The lowest BCUT2D eigenvalue weighted by atomic mass is 9.79. The molecule has 8 heteroatoms. The van der Waals surface area contributed by atoms with E-state index in [1.54, 1.807) is 11.0 Å². The number of nitrogens with zero attached hydrogens (tertiary/aromatic N) is 2. The predicted molar refractivity (Wildman–Crippen MR) is 127 cm³/mol. The van der Waals surface area contributed by atoms with Crippen LogP contribution in [0.25, 0.3) is 0 Å². The van der Waals surface area contributed by atoms with Gasteiger partial charge in [0.05, 0.1) is 12.5 Å². The van der Waals surface area contributed by atoms with Gasteiger partial charge in [0.15, 0.2) is 0 Å². The van der Waals surface area contributed by atoms with E-state index in [0.717, 1.165) is 31.2 Å². The van der Waals surface area contributed by atoms with Gasteiger partial charge in [0, 0.05) is 42.0 Å². The highest BCUT2D eigenvalue weighted by Crippen LogP contribution is 2.56. The minimum absolute atomic E-state index is 0.0161. The highest BCUT2D eigenvalue weighted by molar-refractivity contribution is 5.86. The van der Waals surface area contributed by atoms with E-state index in [9.17, 15) is 23.9 Å². The number of hydrogen-bond donors (Lipinski definition) is 2. The summed E-state index contributed by atoms with van der Waals surface area (Å²) in [7, 11) is 0. The van der Waals surface area contributed by atoms with E-state index >= 15 is 0 Å². The molecule has 2 N–H and O–H groups in total. The summed E-state index contributed by atoms with van der Waals surface area (Å²) in [5, 5.41) is 19.9. The molecule has 2 aliphatic carbocycles. The number of halogens is 1. The smallest absolute Gasteiger partial charge is 0.481 e. The highest BCUT2D eigenvalue weighted by atomic mass is 19.1. The van der Waals surface area contributed by atoms with Crippen molar-refractivity contribution >= 4 is 23.7 Å². The third-order valence-electron chi connectivity index (χ3n) is 7.94. The summed E-state index contributed by atoms with van der Waals surface area (Å²) < 4.78 is 14.4. The van der Waals surface area contributed by atoms with Crippen molar-refractivity contribution in [1.29, 1.82) is 0 Å². The first kappa shape index (κ1) is 23.5. The summed E-state index contributed by atoms with van der Waals surface area (Å²) in [5.74, 6) is -1.91. The Labute approximate surface area is 203 Å². The normalized spacial score (nSPS) is 27.1. The van der Waals surface area contributed by atoms with Gasteiger partial charge in [-0.15, -0.1) is 0 Å². The average molecular weight is 482 g/mol. The van der Waals surface area contributed by atoms with E-state index < -0.39 is 23.9 Å². The molecule has 2 aromatic carbocycles. The molecular formula is C27H30FN2O5+. The first-order valence-corrected chi connectivity index (χ1v) is 12.3. The van der Waals surface area contributed by atoms with Gasteiger partial charge in [-0.3, -0.25) is 9.59 Å². The molecule has 0 spiro atoms. The summed E-state index contributed by atoms with van der Waals surface area (Å²) in [6, 6.07) is 13.0. The fraction of sp³-hybridized carbons (Fsp3) is 0.444. The van der Waals surface area contributed by atoms with Gasteiger partial charge in [0.1, 0.15) is 24.1 Å². The van der Waals surface area contributed by atoms with Gasteiger partial charge >= 0.3 is 12.1 Å². The quantitative estimate of drug-likeness (QED) is 0.537. The Morgan fingerprint density at radius 1 is 0.971 bits per heavy atom. The van der Waals surface area contributed by atoms with Gasteiger partial charge in [-0.05, 0) is 37.8 Å². The lowest BCUT2D eigenvalue weighted by Crippen LogP contribution is -2.65. The third kappa shape index (κ3) is 4.10. The van der Waals surface area contributed by atoms with E-state index in [0.29, 0.717) is 17.7 Å². The van der Waals surface area contributed by atoms with Crippen LogP contribution in [-0.2, 0) is 16.1 Å². The molecule has 4 atom stereocenters. The third-order valence-corrected chi connectivity index (χ3v) is 7.94. The predicted octanol–water partition coefficient (Wildman–Crippen LogP) is 5.09. The average Bonchev–Trinajstić information content (AvgIpc) is 3.54. The highest BCUT2D eigenvalue weighted by Gasteiger charge is 2.61. The largest absolute Gasteiger partial charge is 0.519 e. The van der Waals surface area contributed by atoms with Crippen LogP contribution >= 0.6 is 0 Å². The van der Waals surface area contributed by atoms with E-state index in [4.69, 9.17) is 5.11 Å². The summed E-state index contributed by atoms with van der Waals surface area (Å²) in [6.07, 6.45) is 2.54. The first-order valence-electron chi connectivity index (χ1n) is 12.3. The Hall–Kier alpha value is -3.26. The molecule has 3 aliphatic rings. The Bertz CT molecular complexity index is 1150. The molecule has 1 heterocycles.